The van der Waals surface area contributed by atoms with Crippen molar-refractivity contribution < 1.29 is 36.2 Å². The number of ether oxygens (including phenoxy) is 2. The van der Waals surface area contributed by atoms with Gasteiger partial charge in [-0.1, -0.05) is 18.2 Å². The standard InChI is InChI=1S/C34H25F5N4O3/c1-45-32(44)22-14-26(37)31-28(15-22)43(18-34(9-10-34)33(38)39)29(42-31)13-19-6-8-23(25(36)11-19)27-3-2-4-30(41-27)46-17-21-7-5-20(16-40)12-24(21)35/h2-8,11-12,14-15,33H,9-10,13,17-18H2,1H3. The molecule has 234 valence electrons. The lowest BCUT2D eigenvalue weighted by Crippen LogP contribution is -2.21. The van der Waals surface area contributed by atoms with Crippen LogP contribution in [0.25, 0.3) is 22.3 Å². The quantitative estimate of drug-likeness (QED) is 0.118. The highest BCUT2D eigenvalue weighted by atomic mass is 19.3. The molecule has 0 atom stereocenters. The summed E-state index contributed by atoms with van der Waals surface area (Å²) in [4.78, 5) is 20.9. The summed E-state index contributed by atoms with van der Waals surface area (Å²) in [6, 6.07) is 17.3. The third-order valence-corrected chi connectivity index (χ3v) is 8.09. The summed E-state index contributed by atoms with van der Waals surface area (Å²) in [6.07, 6.45) is -2.06. The summed E-state index contributed by atoms with van der Waals surface area (Å²) < 4.78 is 84.5. The van der Waals surface area contributed by atoms with E-state index < -0.39 is 35.3 Å². The van der Waals surface area contributed by atoms with Gasteiger partial charge in [0.05, 0.1) is 35.5 Å². The molecule has 0 saturated heterocycles. The number of esters is 1. The zero-order valence-corrected chi connectivity index (χ0v) is 24.4. The zero-order chi connectivity index (χ0) is 32.6. The molecule has 0 unspecified atom stereocenters. The van der Waals surface area contributed by atoms with Crippen LogP contribution in [-0.4, -0.2) is 34.0 Å². The van der Waals surface area contributed by atoms with Crippen LogP contribution >= 0.6 is 0 Å². The first-order valence-electron chi connectivity index (χ1n) is 14.2. The molecule has 0 bridgehead atoms. The monoisotopic (exact) mass is 632 g/mol. The average molecular weight is 633 g/mol. The minimum absolute atomic E-state index is 0.00900. The number of imidazole rings is 1. The molecule has 0 aliphatic heterocycles. The molecule has 3 aromatic carbocycles. The number of carbonyl (C=O) groups excluding carboxylic acids is 1. The van der Waals surface area contributed by atoms with Gasteiger partial charge in [0.1, 0.15) is 29.6 Å². The van der Waals surface area contributed by atoms with Crippen molar-refractivity contribution in [2.75, 3.05) is 7.11 Å². The molecule has 1 aliphatic rings. The van der Waals surface area contributed by atoms with E-state index in [1.54, 1.807) is 24.3 Å². The van der Waals surface area contributed by atoms with Gasteiger partial charge in [-0.2, -0.15) is 5.26 Å². The number of carbonyl (C=O) groups is 1. The molecule has 0 spiro atoms. The molecule has 0 amide bonds. The van der Waals surface area contributed by atoms with Crippen molar-refractivity contribution in [3.8, 4) is 23.2 Å². The maximum Gasteiger partial charge on any atom is 0.338 e. The van der Waals surface area contributed by atoms with Crippen LogP contribution in [0.2, 0.25) is 0 Å². The number of hydrogen-bond donors (Lipinski definition) is 0. The van der Waals surface area contributed by atoms with Crippen LogP contribution in [-0.2, 0) is 24.3 Å². The Morgan fingerprint density at radius 3 is 2.48 bits per heavy atom. The molecule has 1 fully saturated rings. The maximum atomic E-state index is 15.5. The van der Waals surface area contributed by atoms with Crippen molar-refractivity contribution >= 4 is 17.0 Å². The summed E-state index contributed by atoms with van der Waals surface area (Å²) in [6.45, 7) is -0.310. The van der Waals surface area contributed by atoms with E-state index in [0.717, 1.165) is 19.2 Å². The second kappa shape index (κ2) is 12.2. The minimum atomic E-state index is -2.61. The number of methoxy groups -OCH3 is 1. The number of nitrogens with zero attached hydrogens (tertiary/aromatic N) is 4. The molecule has 7 nitrogen and oxygen atoms in total. The molecule has 12 heteroatoms. The van der Waals surface area contributed by atoms with Gasteiger partial charge in [0.15, 0.2) is 5.82 Å². The minimum Gasteiger partial charge on any atom is -0.473 e. The van der Waals surface area contributed by atoms with Gasteiger partial charge in [-0.15, -0.1) is 0 Å². The lowest BCUT2D eigenvalue weighted by molar-refractivity contribution is 0.0514. The summed E-state index contributed by atoms with van der Waals surface area (Å²) in [5.41, 5.74) is -0.0643. The third-order valence-electron chi connectivity index (χ3n) is 8.09. The molecule has 0 N–H and O–H groups in total. The van der Waals surface area contributed by atoms with Crippen LogP contribution in [0.3, 0.4) is 0 Å². The van der Waals surface area contributed by atoms with E-state index >= 15 is 8.78 Å². The molecule has 0 radical (unpaired) electrons. The molecule has 2 aromatic heterocycles. The number of alkyl halides is 2. The number of nitriles is 1. The average Bonchev–Trinajstić information content (AvgIpc) is 3.77. The molecule has 6 rings (SSSR count). The molecule has 5 aromatic rings. The van der Waals surface area contributed by atoms with E-state index in [1.165, 1.54) is 34.9 Å². The first kappa shape index (κ1) is 30.7. The maximum absolute atomic E-state index is 15.5. The molecule has 1 aliphatic carbocycles. The number of pyridine rings is 1. The fourth-order valence-electron chi connectivity index (χ4n) is 5.29. The Morgan fingerprint density at radius 2 is 1.80 bits per heavy atom. The van der Waals surface area contributed by atoms with Crippen molar-refractivity contribution in [2.45, 2.75) is 38.8 Å². The largest absolute Gasteiger partial charge is 0.473 e. The Kier molecular flexibility index (Phi) is 8.17. The molecule has 1 saturated carbocycles. The van der Waals surface area contributed by atoms with Crippen LogP contribution in [0, 0.1) is 34.2 Å². The topological polar surface area (TPSA) is 90.0 Å². The van der Waals surface area contributed by atoms with E-state index in [-0.39, 0.29) is 83.1 Å². The van der Waals surface area contributed by atoms with E-state index in [2.05, 4.69) is 9.97 Å². The van der Waals surface area contributed by atoms with Gasteiger partial charge in [-0.3, -0.25) is 0 Å². The number of fused-ring (bicyclic) bond motifs is 1. The molecular formula is C34H25F5N4O3. The first-order valence-corrected chi connectivity index (χ1v) is 14.2. The van der Waals surface area contributed by atoms with E-state index in [0.29, 0.717) is 5.56 Å². The normalized spacial score (nSPS) is 13.5. The van der Waals surface area contributed by atoms with Crippen molar-refractivity contribution in [1.82, 2.24) is 14.5 Å². The lowest BCUT2D eigenvalue weighted by Gasteiger charge is -2.18. The summed E-state index contributed by atoms with van der Waals surface area (Å²) in [7, 11) is 1.15. The van der Waals surface area contributed by atoms with E-state index in [4.69, 9.17) is 14.7 Å². The van der Waals surface area contributed by atoms with Gasteiger partial charge in [0.25, 0.3) is 0 Å². The first-order chi connectivity index (χ1) is 22.1. The van der Waals surface area contributed by atoms with Crippen LogP contribution in [0.1, 0.15) is 45.7 Å². The number of rotatable bonds is 10. The van der Waals surface area contributed by atoms with Crippen LogP contribution < -0.4 is 4.74 Å². The number of benzene rings is 3. The van der Waals surface area contributed by atoms with Crippen molar-refractivity contribution in [2.24, 2.45) is 5.41 Å². The summed E-state index contributed by atoms with van der Waals surface area (Å²) in [5.74, 6) is -2.46. The summed E-state index contributed by atoms with van der Waals surface area (Å²) in [5, 5.41) is 8.91. The number of aromatic nitrogens is 3. The van der Waals surface area contributed by atoms with Gasteiger partial charge in [0, 0.05) is 35.6 Å². The molecular weight excluding hydrogens is 607 g/mol. The SMILES string of the molecule is COC(=O)c1cc(F)c2nc(Cc3ccc(-c4cccc(OCc5ccc(C#N)cc5F)n4)c(F)c3)n(CC3(C(F)F)CC3)c2c1. The second-order valence-corrected chi connectivity index (χ2v) is 11.2. The predicted octanol–water partition coefficient (Wildman–Crippen LogP) is 7.39. The predicted molar refractivity (Wildman–Crippen MR) is 157 cm³/mol. The van der Waals surface area contributed by atoms with Gasteiger partial charge in [-0.25, -0.2) is 36.7 Å². The highest BCUT2D eigenvalue weighted by molar-refractivity contribution is 5.94. The van der Waals surface area contributed by atoms with Crippen LogP contribution in [0.5, 0.6) is 5.88 Å². The Balaban J connectivity index is 1.27. The fourth-order valence-corrected chi connectivity index (χ4v) is 5.29. The zero-order valence-electron chi connectivity index (χ0n) is 24.4. The number of halogens is 5. The van der Waals surface area contributed by atoms with Crippen molar-refractivity contribution in [3.05, 3.63) is 112 Å². The summed E-state index contributed by atoms with van der Waals surface area (Å²) >= 11 is 0. The highest BCUT2D eigenvalue weighted by Gasteiger charge is 2.51. The van der Waals surface area contributed by atoms with E-state index in [1.807, 2.05) is 6.07 Å². The van der Waals surface area contributed by atoms with Crippen molar-refractivity contribution in [3.63, 3.8) is 0 Å². The Hall–Kier alpha value is -5.31. The second-order valence-electron chi connectivity index (χ2n) is 11.2. The fraction of sp³-hybridized carbons (Fsp3) is 0.235. The van der Waals surface area contributed by atoms with Crippen LogP contribution in [0.15, 0.2) is 66.7 Å². The van der Waals surface area contributed by atoms with Gasteiger partial charge in [0.2, 0.25) is 12.3 Å². The van der Waals surface area contributed by atoms with Gasteiger partial charge >= 0.3 is 5.97 Å². The Labute approximate surface area is 259 Å². The highest BCUT2D eigenvalue weighted by Crippen LogP contribution is 2.52. The Bertz CT molecular complexity index is 2020. The van der Waals surface area contributed by atoms with E-state index in [9.17, 15) is 18.0 Å². The lowest BCUT2D eigenvalue weighted by atomic mass is 10.0. The van der Waals surface area contributed by atoms with Crippen molar-refractivity contribution in [1.29, 1.82) is 5.26 Å². The van der Waals surface area contributed by atoms with Gasteiger partial charge < -0.3 is 14.0 Å². The number of hydrogen-bond acceptors (Lipinski definition) is 6. The molecule has 46 heavy (non-hydrogen) atoms. The van der Waals surface area contributed by atoms with Gasteiger partial charge in [-0.05, 0) is 60.9 Å². The Morgan fingerprint density at radius 1 is 1.00 bits per heavy atom. The van der Waals surface area contributed by atoms with Crippen LogP contribution in [0.4, 0.5) is 22.0 Å². The smallest absolute Gasteiger partial charge is 0.338 e. The third kappa shape index (κ3) is 6.00. The molecule has 2 heterocycles.